The Hall–Kier alpha value is -1.17. The molecule has 5 heteroatoms. The van der Waals surface area contributed by atoms with E-state index in [1.807, 2.05) is 0 Å². The van der Waals surface area contributed by atoms with Gasteiger partial charge >= 0.3 is 0 Å². The highest BCUT2D eigenvalue weighted by Gasteiger charge is 2.20. The second-order valence-corrected chi connectivity index (χ2v) is 6.46. The van der Waals surface area contributed by atoms with Crippen molar-refractivity contribution in [3.05, 3.63) is 29.3 Å². The zero-order chi connectivity index (χ0) is 15.4. The van der Waals surface area contributed by atoms with Gasteiger partial charge in [0, 0.05) is 38.4 Å². The first kappa shape index (κ1) is 15.7. The SMILES string of the molecule is Cc1ccc2c(c1)CCCN2C(=S)NCCN1CCOCC1. The fourth-order valence-electron chi connectivity index (χ4n) is 3.18. The molecule has 0 unspecified atom stereocenters. The predicted molar refractivity (Wildman–Crippen MR) is 94.7 cm³/mol. The van der Waals surface area contributed by atoms with E-state index in [2.05, 4.69) is 40.2 Å². The predicted octanol–water partition coefficient (Wildman–Crippen LogP) is 1.95. The first-order valence-corrected chi connectivity index (χ1v) is 8.60. The normalized spacial score (nSPS) is 18.9. The monoisotopic (exact) mass is 319 g/mol. The number of hydrogen-bond acceptors (Lipinski definition) is 3. The zero-order valence-corrected chi connectivity index (χ0v) is 14.1. The average Bonchev–Trinajstić information content (AvgIpc) is 2.55. The van der Waals surface area contributed by atoms with Gasteiger partial charge in [-0.05, 0) is 43.6 Å². The summed E-state index contributed by atoms with van der Waals surface area (Å²) in [6.45, 7) is 8.85. The van der Waals surface area contributed by atoms with Gasteiger partial charge in [0.2, 0.25) is 0 Å². The molecular weight excluding hydrogens is 294 g/mol. The number of fused-ring (bicyclic) bond motifs is 1. The first-order chi connectivity index (χ1) is 10.7. The van der Waals surface area contributed by atoms with E-state index >= 15 is 0 Å². The summed E-state index contributed by atoms with van der Waals surface area (Å²) in [6, 6.07) is 6.67. The number of aryl methyl sites for hydroxylation is 2. The van der Waals surface area contributed by atoms with Gasteiger partial charge < -0.3 is 15.0 Å². The molecule has 1 aromatic rings. The van der Waals surface area contributed by atoms with E-state index < -0.39 is 0 Å². The van der Waals surface area contributed by atoms with Crippen molar-refractivity contribution in [2.45, 2.75) is 19.8 Å². The van der Waals surface area contributed by atoms with Crippen LogP contribution in [0.15, 0.2) is 18.2 Å². The molecule has 0 aromatic heterocycles. The molecule has 0 radical (unpaired) electrons. The lowest BCUT2D eigenvalue weighted by atomic mass is 10.00. The molecule has 1 aromatic carbocycles. The zero-order valence-electron chi connectivity index (χ0n) is 13.3. The number of anilines is 1. The maximum atomic E-state index is 5.62. The van der Waals surface area contributed by atoms with Gasteiger partial charge in [-0.1, -0.05) is 17.7 Å². The van der Waals surface area contributed by atoms with E-state index in [1.165, 1.54) is 23.2 Å². The van der Waals surface area contributed by atoms with Crippen molar-refractivity contribution in [2.24, 2.45) is 0 Å². The van der Waals surface area contributed by atoms with Crippen LogP contribution < -0.4 is 10.2 Å². The Morgan fingerprint density at radius 2 is 2.09 bits per heavy atom. The average molecular weight is 319 g/mol. The maximum Gasteiger partial charge on any atom is 0.173 e. The summed E-state index contributed by atoms with van der Waals surface area (Å²) in [5.74, 6) is 0. The molecule has 0 bridgehead atoms. The molecule has 0 saturated carbocycles. The number of ether oxygens (including phenoxy) is 1. The second-order valence-electron chi connectivity index (χ2n) is 6.07. The van der Waals surface area contributed by atoms with E-state index in [-0.39, 0.29) is 0 Å². The molecule has 22 heavy (non-hydrogen) atoms. The van der Waals surface area contributed by atoms with Crippen molar-refractivity contribution in [1.82, 2.24) is 10.2 Å². The lowest BCUT2D eigenvalue weighted by molar-refractivity contribution is 0.0389. The summed E-state index contributed by atoms with van der Waals surface area (Å²) in [4.78, 5) is 4.68. The highest BCUT2D eigenvalue weighted by atomic mass is 32.1. The summed E-state index contributed by atoms with van der Waals surface area (Å²) in [6.07, 6.45) is 2.33. The molecule has 4 nitrogen and oxygen atoms in total. The molecule has 0 aliphatic carbocycles. The molecule has 1 saturated heterocycles. The fraction of sp³-hybridized carbons (Fsp3) is 0.588. The van der Waals surface area contributed by atoms with Gasteiger partial charge in [0.1, 0.15) is 0 Å². The maximum absolute atomic E-state index is 5.62. The van der Waals surface area contributed by atoms with E-state index in [1.54, 1.807) is 0 Å². The van der Waals surface area contributed by atoms with Gasteiger partial charge in [0.25, 0.3) is 0 Å². The van der Waals surface area contributed by atoms with Crippen molar-refractivity contribution >= 4 is 23.0 Å². The van der Waals surface area contributed by atoms with Crippen molar-refractivity contribution in [2.75, 3.05) is 50.8 Å². The van der Waals surface area contributed by atoms with Crippen LogP contribution in [0.1, 0.15) is 17.5 Å². The molecule has 2 heterocycles. The first-order valence-electron chi connectivity index (χ1n) is 8.19. The smallest absolute Gasteiger partial charge is 0.173 e. The molecule has 2 aliphatic heterocycles. The molecule has 120 valence electrons. The minimum Gasteiger partial charge on any atom is -0.379 e. The number of nitrogens with one attached hydrogen (secondary N) is 1. The Kier molecular flexibility index (Phi) is 5.28. The van der Waals surface area contributed by atoms with Crippen LogP contribution in [-0.2, 0) is 11.2 Å². The lowest BCUT2D eigenvalue weighted by Crippen LogP contribution is -2.46. The Balaban J connectivity index is 1.54. The van der Waals surface area contributed by atoms with Gasteiger partial charge in [-0.15, -0.1) is 0 Å². The summed E-state index contributed by atoms with van der Waals surface area (Å²) < 4.78 is 5.37. The molecule has 2 aliphatic rings. The van der Waals surface area contributed by atoms with E-state index in [4.69, 9.17) is 17.0 Å². The number of benzene rings is 1. The highest BCUT2D eigenvalue weighted by Crippen LogP contribution is 2.27. The number of nitrogens with zero attached hydrogens (tertiary/aromatic N) is 2. The number of rotatable bonds is 3. The van der Waals surface area contributed by atoms with Gasteiger partial charge in [0.05, 0.1) is 13.2 Å². The Labute approximate surface area is 138 Å². The topological polar surface area (TPSA) is 27.7 Å². The molecular formula is C17H25N3OS. The Morgan fingerprint density at radius 1 is 1.27 bits per heavy atom. The van der Waals surface area contributed by atoms with E-state index in [0.29, 0.717) is 0 Å². The largest absolute Gasteiger partial charge is 0.379 e. The van der Waals surface area contributed by atoms with Gasteiger partial charge in [0.15, 0.2) is 5.11 Å². The Bertz CT molecular complexity index is 529. The third kappa shape index (κ3) is 3.77. The van der Waals surface area contributed by atoms with Crippen LogP contribution in [0, 0.1) is 6.92 Å². The molecule has 1 fully saturated rings. The van der Waals surface area contributed by atoms with Crippen molar-refractivity contribution in [1.29, 1.82) is 0 Å². The van der Waals surface area contributed by atoms with Crippen molar-refractivity contribution in [3.8, 4) is 0 Å². The van der Waals surface area contributed by atoms with E-state index in [9.17, 15) is 0 Å². The van der Waals surface area contributed by atoms with Crippen LogP contribution >= 0.6 is 12.2 Å². The van der Waals surface area contributed by atoms with Crippen LogP contribution in [0.4, 0.5) is 5.69 Å². The third-order valence-electron chi connectivity index (χ3n) is 4.41. The number of thiocarbonyl (C=S) groups is 1. The highest BCUT2D eigenvalue weighted by molar-refractivity contribution is 7.80. The molecule has 0 atom stereocenters. The van der Waals surface area contributed by atoms with Crippen molar-refractivity contribution < 1.29 is 4.74 Å². The van der Waals surface area contributed by atoms with Crippen LogP contribution in [-0.4, -0.2) is 55.9 Å². The quantitative estimate of drug-likeness (QED) is 0.860. The van der Waals surface area contributed by atoms with E-state index in [0.717, 1.165) is 57.5 Å². The summed E-state index contributed by atoms with van der Waals surface area (Å²) >= 11 is 5.62. The molecule has 1 N–H and O–H groups in total. The van der Waals surface area contributed by atoms with Crippen LogP contribution in [0.25, 0.3) is 0 Å². The van der Waals surface area contributed by atoms with Gasteiger partial charge in [-0.25, -0.2) is 0 Å². The molecule has 3 rings (SSSR count). The standard InChI is InChI=1S/C17H25N3OS/c1-14-4-5-16-15(13-14)3-2-7-20(16)17(22)18-6-8-19-9-11-21-12-10-19/h4-5,13H,2-3,6-12H2,1H3,(H,18,22). The molecule has 0 amide bonds. The van der Waals surface area contributed by atoms with Crippen molar-refractivity contribution in [3.63, 3.8) is 0 Å². The van der Waals surface area contributed by atoms with Gasteiger partial charge in [-0.2, -0.15) is 0 Å². The minimum absolute atomic E-state index is 0.850. The lowest BCUT2D eigenvalue weighted by Gasteiger charge is -2.33. The summed E-state index contributed by atoms with van der Waals surface area (Å²) in [7, 11) is 0. The van der Waals surface area contributed by atoms with Crippen LogP contribution in [0.3, 0.4) is 0 Å². The van der Waals surface area contributed by atoms with Crippen LogP contribution in [0.2, 0.25) is 0 Å². The Morgan fingerprint density at radius 3 is 2.91 bits per heavy atom. The minimum atomic E-state index is 0.850. The second kappa shape index (κ2) is 7.40. The number of hydrogen-bond donors (Lipinski definition) is 1. The number of morpholine rings is 1. The van der Waals surface area contributed by atoms with Gasteiger partial charge in [-0.3, -0.25) is 4.90 Å². The summed E-state index contributed by atoms with van der Waals surface area (Å²) in [5, 5.41) is 4.29. The fourth-order valence-corrected chi connectivity index (χ4v) is 3.47. The third-order valence-corrected chi connectivity index (χ3v) is 4.77. The summed E-state index contributed by atoms with van der Waals surface area (Å²) in [5.41, 5.74) is 4.02. The van der Waals surface area contributed by atoms with Crippen LogP contribution in [0.5, 0.6) is 0 Å². The molecule has 0 spiro atoms.